The average molecular weight is 461 g/mol. The van der Waals surface area contributed by atoms with Crippen LogP contribution in [0.3, 0.4) is 0 Å². The van der Waals surface area contributed by atoms with E-state index in [0.29, 0.717) is 50.9 Å². The molecule has 0 radical (unpaired) electrons. The van der Waals surface area contributed by atoms with Gasteiger partial charge in [-0.2, -0.15) is 5.10 Å². The van der Waals surface area contributed by atoms with Crippen LogP contribution in [0.4, 0.5) is 0 Å². The highest BCUT2D eigenvalue weighted by Crippen LogP contribution is 2.33. The first kappa shape index (κ1) is 19.6. The minimum atomic E-state index is -0.526. The molecule has 0 spiro atoms. The van der Waals surface area contributed by atoms with E-state index in [-0.39, 0.29) is 5.89 Å². The Morgan fingerprint density at radius 3 is 2.80 bits per heavy atom. The molecule has 0 amide bonds. The maximum atomic E-state index is 12.7. The maximum absolute atomic E-state index is 12.7. The summed E-state index contributed by atoms with van der Waals surface area (Å²) in [6.45, 7) is 3.18. The molecule has 5 rings (SSSR count). The Morgan fingerprint density at radius 2 is 2.07 bits per heavy atom. The number of hydrogen-bond donors (Lipinski definition) is 0. The number of rotatable bonds is 4. The van der Waals surface area contributed by atoms with E-state index in [1.54, 1.807) is 46.9 Å². The van der Waals surface area contributed by atoms with E-state index < -0.39 is 5.63 Å². The monoisotopic (exact) mass is 460 g/mol. The van der Waals surface area contributed by atoms with Gasteiger partial charge in [-0.3, -0.25) is 0 Å². The number of nitrogens with zero attached hydrogens (tertiary/aromatic N) is 4. The summed E-state index contributed by atoms with van der Waals surface area (Å²) >= 11 is 14.0. The predicted octanol–water partition coefficient (Wildman–Crippen LogP) is 4.54. The van der Waals surface area contributed by atoms with Gasteiger partial charge in [-0.15, -0.1) is 0 Å². The molecule has 0 N–H and O–H groups in total. The first-order valence-corrected chi connectivity index (χ1v) is 10.7. The van der Waals surface area contributed by atoms with Crippen LogP contribution in [0.5, 0.6) is 0 Å². The minimum absolute atomic E-state index is 0.129. The second-order valence-corrected chi connectivity index (χ2v) is 8.96. The third kappa shape index (κ3) is 3.50. The van der Waals surface area contributed by atoms with Crippen LogP contribution in [0.25, 0.3) is 28.3 Å². The lowest BCUT2D eigenvalue weighted by atomic mass is 10.1. The Balaban J connectivity index is 1.71. The SMILES string of the molecule is Cc1cc(Cl)cc2c(=O)oc(-c3cc(SC4COC4)nn3-c3ncccc3Cl)nc12. The highest BCUT2D eigenvalue weighted by molar-refractivity contribution is 8.00. The Morgan fingerprint density at radius 1 is 1.23 bits per heavy atom. The maximum Gasteiger partial charge on any atom is 0.347 e. The van der Waals surface area contributed by atoms with E-state index in [9.17, 15) is 4.79 Å². The smallest absolute Gasteiger partial charge is 0.347 e. The summed E-state index contributed by atoms with van der Waals surface area (Å²) in [5, 5.41) is 6.89. The third-order valence-corrected chi connectivity index (χ3v) is 6.19. The molecule has 30 heavy (non-hydrogen) atoms. The van der Waals surface area contributed by atoms with Gasteiger partial charge >= 0.3 is 5.63 Å². The molecule has 0 atom stereocenters. The van der Waals surface area contributed by atoms with Gasteiger partial charge in [0.25, 0.3) is 0 Å². The number of pyridine rings is 1. The Hall–Kier alpha value is -2.39. The van der Waals surface area contributed by atoms with E-state index in [1.165, 1.54) is 0 Å². The normalized spacial score (nSPS) is 14.2. The molecule has 0 unspecified atom stereocenters. The number of hydrogen-bond acceptors (Lipinski definition) is 7. The molecule has 7 nitrogen and oxygen atoms in total. The van der Waals surface area contributed by atoms with Gasteiger partial charge in [-0.1, -0.05) is 35.0 Å². The zero-order chi connectivity index (χ0) is 20.8. The van der Waals surface area contributed by atoms with E-state index in [2.05, 4.69) is 15.1 Å². The molecule has 10 heteroatoms. The van der Waals surface area contributed by atoms with Crippen molar-refractivity contribution in [1.29, 1.82) is 0 Å². The summed E-state index contributed by atoms with van der Waals surface area (Å²) in [6, 6.07) is 8.58. The zero-order valence-corrected chi connectivity index (χ0v) is 18.0. The van der Waals surface area contributed by atoms with Crippen LogP contribution >= 0.6 is 35.0 Å². The van der Waals surface area contributed by atoms with Gasteiger partial charge in [0.15, 0.2) is 5.82 Å². The van der Waals surface area contributed by atoms with Gasteiger partial charge in [0.1, 0.15) is 10.7 Å². The van der Waals surface area contributed by atoms with Crippen molar-refractivity contribution in [2.75, 3.05) is 13.2 Å². The van der Waals surface area contributed by atoms with Crippen LogP contribution in [0.15, 0.2) is 50.8 Å². The lowest BCUT2D eigenvalue weighted by Gasteiger charge is -2.23. The van der Waals surface area contributed by atoms with Crippen molar-refractivity contribution in [1.82, 2.24) is 19.7 Å². The first-order chi connectivity index (χ1) is 14.5. The summed E-state index contributed by atoms with van der Waals surface area (Å²) < 4.78 is 12.4. The number of aryl methyl sites for hydroxylation is 1. The zero-order valence-electron chi connectivity index (χ0n) is 15.6. The summed E-state index contributed by atoms with van der Waals surface area (Å²) in [6.07, 6.45) is 1.62. The van der Waals surface area contributed by atoms with Gasteiger partial charge in [0, 0.05) is 17.3 Å². The van der Waals surface area contributed by atoms with E-state index >= 15 is 0 Å². The van der Waals surface area contributed by atoms with Crippen LogP contribution in [-0.2, 0) is 4.74 Å². The van der Waals surface area contributed by atoms with Crippen LogP contribution in [0, 0.1) is 6.92 Å². The Kier molecular flexibility index (Phi) is 5.02. The number of fused-ring (bicyclic) bond motifs is 1. The lowest BCUT2D eigenvalue weighted by Crippen LogP contribution is -2.30. The highest BCUT2D eigenvalue weighted by Gasteiger charge is 2.25. The lowest BCUT2D eigenvalue weighted by molar-refractivity contribution is 0.0454. The molecule has 4 aromatic rings. The molecule has 1 aliphatic rings. The molecule has 1 fully saturated rings. The molecule has 1 aromatic carbocycles. The van der Waals surface area contributed by atoms with Crippen LogP contribution in [0.1, 0.15) is 5.56 Å². The Labute approximate surface area is 185 Å². The molecule has 4 heterocycles. The quantitative estimate of drug-likeness (QED) is 0.441. The first-order valence-electron chi connectivity index (χ1n) is 9.06. The topological polar surface area (TPSA) is 83.0 Å². The molecular weight excluding hydrogens is 447 g/mol. The summed E-state index contributed by atoms with van der Waals surface area (Å²) in [5.74, 6) is 0.548. The van der Waals surface area contributed by atoms with Crippen molar-refractivity contribution in [3.8, 4) is 17.4 Å². The van der Waals surface area contributed by atoms with Gasteiger partial charge < -0.3 is 9.15 Å². The van der Waals surface area contributed by atoms with Gasteiger partial charge in [-0.25, -0.2) is 19.4 Å². The third-order valence-electron chi connectivity index (χ3n) is 4.63. The van der Waals surface area contributed by atoms with Crippen molar-refractivity contribution in [2.45, 2.75) is 17.2 Å². The predicted molar refractivity (Wildman–Crippen MR) is 116 cm³/mol. The van der Waals surface area contributed by atoms with Crippen LogP contribution in [-0.4, -0.2) is 38.2 Å². The number of benzene rings is 1. The van der Waals surface area contributed by atoms with Crippen molar-refractivity contribution in [3.63, 3.8) is 0 Å². The van der Waals surface area contributed by atoms with Crippen molar-refractivity contribution in [3.05, 3.63) is 62.6 Å². The Bertz CT molecular complexity index is 1330. The van der Waals surface area contributed by atoms with Crippen molar-refractivity contribution in [2.24, 2.45) is 0 Å². The fraction of sp³-hybridized carbons (Fsp3) is 0.200. The molecule has 1 aliphatic heterocycles. The molecule has 0 aliphatic carbocycles. The summed E-state index contributed by atoms with van der Waals surface area (Å²) in [7, 11) is 0. The van der Waals surface area contributed by atoms with Gasteiger partial charge in [-0.05, 0) is 36.8 Å². The molecule has 152 valence electrons. The van der Waals surface area contributed by atoms with Crippen molar-refractivity contribution < 1.29 is 9.15 Å². The van der Waals surface area contributed by atoms with Crippen LogP contribution in [0.2, 0.25) is 10.0 Å². The number of ether oxygens (including phenoxy) is 1. The van der Waals surface area contributed by atoms with E-state index in [0.717, 1.165) is 10.6 Å². The van der Waals surface area contributed by atoms with E-state index in [4.69, 9.17) is 32.4 Å². The molecule has 0 bridgehead atoms. The molecule has 1 saturated heterocycles. The number of halogens is 2. The second-order valence-electron chi connectivity index (χ2n) is 6.79. The van der Waals surface area contributed by atoms with E-state index in [1.807, 2.05) is 13.0 Å². The largest absolute Gasteiger partial charge is 0.401 e. The molecular formula is C20H14Cl2N4O3S. The van der Waals surface area contributed by atoms with Crippen LogP contribution < -0.4 is 5.63 Å². The van der Waals surface area contributed by atoms with Crippen molar-refractivity contribution >= 4 is 45.9 Å². The fourth-order valence-electron chi connectivity index (χ4n) is 3.13. The minimum Gasteiger partial charge on any atom is -0.401 e. The fourth-order valence-corrected chi connectivity index (χ4v) is 4.59. The summed E-state index contributed by atoms with van der Waals surface area (Å²) in [5.41, 5.74) is 1.25. The molecule has 0 saturated carbocycles. The highest BCUT2D eigenvalue weighted by atomic mass is 35.5. The van der Waals surface area contributed by atoms with Gasteiger partial charge in [0.05, 0.1) is 34.4 Å². The average Bonchev–Trinajstić information content (AvgIpc) is 3.09. The molecule has 3 aromatic heterocycles. The second kappa shape index (κ2) is 7.70. The number of aromatic nitrogens is 4. The number of thioether (sulfide) groups is 1. The standard InChI is InChI=1S/C20H14Cl2N4O3S/c1-10-5-11(21)6-13-17(10)24-19(29-20(13)27)15-7-16(30-12-8-28-9-12)25-26(15)18-14(22)3-2-4-23-18/h2-7,12H,8-9H2,1H3. The van der Waals surface area contributed by atoms with Gasteiger partial charge in [0.2, 0.25) is 5.89 Å². The summed E-state index contributed by atoms with van der Waals surface area (Å²) in [4.78, 5) is 21.6.